The molecule has 5 nitrogen and oxygen atoms in total. The highest BCUT2D eigenvalue weighted by Crippen LogP contribution is 2.81. The van der Waals surface area contributed by atoms with Gasteiger partial charge in [-0.15, -0.1) is 0 Å². The minimum absolute atomic E-state index is 0.0120. The first kappa shape index (κ1) is 16.4. The van der Waals surface area contributed by atoms with Gasteiger partial charge in [0, 0.05) is 5.92 Å². The van der Waals surface area contributed by atoms with Crippen molar-refractivity contribution in [2.24, 2.45) is 40.4 Å². The average molecular weight is 348 g/mol. The van der Waals surface area contributed by atoms with Gasteiger partial charge >= 0.3 is 0 Å². The first-order valence-corrected chi connectivity index (χ1v) is 9.66. The Bertz CT molecular complexity index is 730. The number of hydrogen-bond acceptors (Lipinski definition) is 5. The lowest BCUT2D eigenvalue weighted by molar-refractivity contribution is -0.283. The molecule has 1 aliphatic heterocycles. The number of carbonyl (C=O) groups is 2. The lowest BCUT2D eigenvalue weighted by Gasteiger charge is -2.60. The van der Waals surface area contributed by atoms with Crippen LogP contribution in [0, 0.1) is 40.4 Å². The van der Waals surface area contributed by atoms with Crippen molar-refractivity contribution in [3.05, 3.63) is 0 Å². The summed E-state index contributed by atoms with van der Waals surface area (Å²) in [6.45, 7) is 9.46. The fraction of sp³-hybridized carbons (Fsp3) is 0.900. The minimum Gasteiger partial charge on any atom is -0.380 e. The molecule has 5 rings (SSSR count). The van der Waals surface area contributed by atoms with Gasteiger partial charge in [0.05, 0.1) is 16.4 Å². The minimum atomic E-state index is -2.22. The second-order valence-electron chi connectivity index (χ2n) is 10.2. The molecule has 5 heteroatoms. The second-order valence-corrected chi connectivity index (χ2v) is 10.2. The molecule has 138 valence electrons. The standard InChI is InChI=1S/C20H28O5/c1-9-8-12-13-16(3,4)25-20(24)15(22)19(23)10(2)6-7-11(9)18(12,19)14(21)17(13,20)5/h9-13,23-24H,6-8H2,1-5H3/t9-,10-,11+,12-,13+,17-,18+,19+,20-/m1/s1. The quantitative estimate of drug-likeness (QED) is 0.696. The van der Waals surface area contributed by atoms with Crippen LogP contribution in [-0.2, 0) is 14.3 Å². The van der Waals surface area contributed by atoms with Gasteiger partial charge in [0.25, 0.3) is 0 Å². The van der Waals surface area contributed by atoms with Crippen LogP contribution < -0.4 is 0 Å². The summed E-state index contributed by atoms with van der Waals surface area (Å²) in [5.74, 6) is -3.43. The molecule has 2 bridgehead atoms. The van der Waals surface area contributed by atoms with E-state index in [2.05, 4.69) is 6.92 Å². The van der Waals surface area contributed by atoms with Crippen LogP contribution in [0.4, 0.5) is 0 Å². The molecule has 1 spiro atoms. The van der Waals surface area contributed by atoms with Gasteiger partial charge in [0.15, 0.2) is 5.78 Å². The highest BCUT2D eigenvalue weighted by atomic mass is 16.7. The molecule has 4 saturated carbocycles. The van der Waals surface area contributed by atoms with E-state index in [1.54, 1.807) is 6.92 Å². The van der Waals surface area contributed by atoms with E-state index in [0.29, 0.717) is 6.42 Å². The van der Waals surface area contributed by atoms with Crippen molar-refractivity contribution in [2.75, 3.05) is 0 Å². The molecule has 5 aliphatic rings. The Labute approximate surface area is 148 Å². The van der Waals surface area contributed by atoms with E-state index in [0.717, 1.165) is 12.8 Å². The topological polar surface area (TPSA) is 83.8 Å². The van der Waals surface area contributed by atoms with Crippen molar-refractivity contribution in [3.63, 3.8) is 0 Å². The van der Waals surface area contributed by atoms with Crippen molar-refractivity contribution in [3.8, 4) is 0 Å². The molecule has 0 aromatic carbocycles. The third kappa shape index (κ3) is 1.18. The molecule has 0 amide bonds. The Morgan fingerprint density at radius 3 is 2.28 bits per heavy atom. The molecule has 0 aromatic rings. The molecule has 9 atom stereocenters. The zero-order valence-corrected chi connectivity index (χ0v) is 15.6. The van der Waals surface area contributed by atoms with E-state index >= 15 is 0 Å². The maximum Gasteiger partial charge on any atom is 0.243 e. The SMILES string of the molecule is C[C@@H]1C[C@@H]2[C@H]3C(C)(C)O[C@]4(O)C(=O)[C@@]5(O)[C@H](C)CC[C@@H]1[C@@]25C(=O)[C@@]34C. The number of ether oxygens (including phenoxy) is 1. The molecule has 4 aliphatic carbocycles. The van der Waals surface area contributed by atoms with E-state index < -0.39 is 33.6 Å². The lowest BCUT2D eigenvalue weighted by atomic mass is 9.45. The van der Waals surface area contributed by atoms with Gasteiger partial charge in [-0.2, -0.15) is 0 Å². The van der Waals surface area contributed by atoms with Gasteiger partial charge < -0.3 is 14.9 Å². The van der Waals surface area contributed by atoms with Crippen LogP contribution in [-0.4, -0.2) is 38.8 Å². The van der Waals surface area contributed by atoms with Crippen molar-refractivity contribution in [1.82, 2.24) is 0 Å². The number of fused-ring (bicyclic) bond motifs is 1. The van der Waals surface area contributed by atoms with E-state index in [4.69, 9.17) is 4.74 Å². The summed E-state index contributed by atoms with van der Waals surface area (Å²) in [7, 11) is 0. The van der Waals surface area contributed by atoms with E-state index in [1.807, 2.05) is 20.8 Å². The van der Waals surface area contributed by atoms with Crippen molar-refractivity contribution < 1.29 is 24.5 Å². The fourth-order valence-corrected chi connectivity index (χ4v) is 8.53. The molecular weight excluding hydrogens is 320 g/mol. The van der Waals surface area contributed by atoms with E-state index in [1.165, 1.54) is 0 Å². The van der Waals surface area contributed by atoms with Crippen molar-refractivity contribution in [2.45, 2.75) is 70.9 Å². The largest absolute Gasteiger partial charge is 0.380 e. The molecule has 25 heavy (non-hydrogen) atoms. The Morgan fingerprint density at radius 2 is 1.64 bits per heavy atom. The van der Waals surface area contributed by atoms with E-state index in [-0.39, 0.29) is 35.4 Å². The van der Waals surface area contributed by atoms with Gasteiger partial charge in [-0.25, -0.2) is 0 Å². The average Bonchev–Trinajstić information content (AvgIpc) is 2.96. The van der Waals surface area contributed by atoms with Gasteiger partial charge in [0.2, 0.25) is 11.6 Å². The predicted molar refractivity (Wildman–Crippen MR) is 88.3 cm³/mol. The molecular formula is C20H28O5. The van der Waals surface area contributed by atoms with Gasteiger partial charge in [-0.1, -0.05) is 13.8 Å². The Balaban J connectivity index is 1.91. The number of carbonyl (C=O) groups excluding carboxylic acids is 2. The van der Waals surface area contributed by atoms with Crippen LogP contribution in [0.2, 0.25) is 0 Å². The van der Waals surface area contributed by atoms with Crippen LogP contribution in [0.25, 0.3) is 0 Å². The van der Waals surface area contributed by atoms with Crippen LogP contribution in [0.1, 0.15) is 53.9 Å². The molecule has 0 radical (unpaired) electrons. The maximum absolute atomic E-state index is 14.0. The smallest absolute Gasteiger partial charge is 0.243 e. The summed E-state index contributed by atoms with van der Waals surface area (Å²) in [4.78, 5) is 27.6. The fourth-order valence-electron chi connectivity index (χ4n) is 8.53. The number of aliphatic hydroxyl groups is 2. The third-order valence-corrected chi connectivity index (χ3v) is 9.13. The molecule has 0 aromatic heterocycles. The van der Waals surface area contributed by atoms with Crippen LogP contribution in [0.15, 0.2) is 0 Å². The summed E-state index contributed by atoms with van der Waals surface area (Å²) in [5.41, 5.74) is -4.91. The van der Waals surface area contributed by atoms with Crippen LogP contribution in [0.5, 0.6) is 0 Å². The number of Topliss-reactive ketones (excluding diaryl/α,β-unsaturated/α-hetero) is 2. The van der Waals surface area contributed by atoms with Gasteiger partial charge in [0.1, 0.15) is 5.60 Å². The molecule has 5 fully saturated rings. The summed E-state index contributed by atoms with van der Waals surface area (Å²) >= 11 is 0. The number of hydrogen-bond donors (Lipinski definition) is 2. The first-order valence-electron chi connectivity index (χ1n) is 9.66. The summed E-state index contributed by atoms with van der Waals surface area (Å²) in [6, 6.07) is 0. The van der Waals surface area contributed by atoms with Crippen LogP contribution >= 0.6 is 0 Å². The Hall–Kier alpha value is -0.780. The molecule has 2 N–H and O–H groups in total. The highest BCUT2D eigenvalue weighted by Gasteiger charge is 2.94. The highest BCUT2D eigenvalue weighted by molar-refractivity contribution is 6.13. The van der Waals surface area contributed by atoms with Crippen molar-refractivity contribution >= 4 is 11.6 Å². The number of rotatable bonds is 0. The zero-order chi connectivity index (χ0) is 18.4. The summed E-state index contributed by atoms with van der Waals surface area (Å²) < 4.78 is 5.95. The lowest BCUT2D eigenvalue weighted by Crippen LogP contribution is -2.78. The maximum atomic E-state index is 14.0. The van der Waals surface area contributed by atoms with Crippen molar-refractivity contribution in [1.29, 1.82) is 0 Å². The number of ketones is 2. The predicted octanol–water partition coefficient (Wildman–Crippen LogP) is 1.69. The molecule has 1 saturated heterocycles. The molecule has 1 heterocycles. The zero-order valence-electron chi connectivity index (χ0n) is 15.6. The normalized spacial score (nSPS) is 63.9. The van der Waals surface area contributed by atoms with Gasteiger partial charge in [-0.3, -0.25) is 9.59 Å². The van der Waals surface area contributed by atoms with Gasteiger partial charge in [-0.05, 0) is 63.7 Å². The second kappa shape index (κ2) is 3.90. The molecule has 0 unspecified atom stereocenters. The Kier molecular flexibility index (Phi) is 2.56. The van der Waals surface area contributed by atoms with E-state index in [9.17, 15) is 19.8 Å². The monoisotopic (exact) mass is 348 g/mol. The summed E-state index contributed by atoms with van der Waals surface area (Å²) in [6.07, 6.45) is 2.37. The first-order chi connectivity index (χ1) is 11.4. The van der Waals surface area contributed by atoms with Crippen LogP contribution in [0.3, 0.4) is 0 Å². The third-order valence-electron chi connectivity index (χ3n) is 9.13. The Morgan fingerprint density at radius 1 is 1.00 bits per heavy atom. The summed E-state index contributed by atoms with van der Waals surface area (Å²) in [5, 5.41) is 23.2.